The van der Waals surface area contributed by atoms with Crippen LogP contribution in [0.4, 0.5) is 5.69 Å². The Kier molecular flexibility index (Phi) is 5.89. The highest BCUT2D eigenvalue weighted by molar-refractivity contribution is 5.92. The van der Waals surface area contributed by atoms with Gasteiger partial charge in [-0.1, -0.05) is 36.8 Å². The molecule has 1 aromatic heterocycles. The van der Waals surface area contributed by atoms with E-state index in [1.54, 1.807) is 0 Å². The SMILES string of the molecule is Cc1ccc(-c2nnc3n2CCCCC3)cc1NC(=O)CCOc1ccccc1. The average molecular weight is 390 g/mol. The van der Waals surface area contributed by atoms with E-state index in [1.165, 1.54) is 12.8 Å². The first-order valence-electron chi connectivity index (χ1n) is 10.2. The third-order valence-electron chi connectivity index (χ3n) is 5.22. The van der Waals surface area contributed by atoms with E-state index in [0.29, 0.717) is 13.0 Å². The smallest absolute Gasteiger partial charge is 0.227 e. The van der Waals surface area contributed by atoms with Crippen LogP contribution in [-0.4, -0.2) is 27.3 Å². The van der Waals surface area contributed by atoms with Crippen molar-refractivity contribution >= 4 is 11.6 Å². The van der Waals surface area contributed by atoms with Crippen molar-refractivity contribution in [2.75, 3.05) is 11.9 Å². The Hall–Kier alpha value is -3.15. The summed E-state index contributed by atoms with van der Waals surface area (Å²) in [7, 11) is 0. The molecule has 150 valence electrons. The van der Waals surface area contributed by atoms with Crippen LogP contribution in [0.1, 0.15) is 37.1 Å². The molecule has 0 fully saturated rings. The van der Waals surface area contributed by atoms with Gasteiger partial charge in [-0.05, 0) is 43.5 Å². The van der Waals surface area contributed by atoms with E-state index < -0.39 is 0 Å². The standard InChI is InChI=1S/C23H26N4O2/c1-17-11-12-18(23-26-25-21-10-6-3-7-14-27(21)23)16-20(17)24-22(28)13-15-29-19-8-4-2-5-9-19/h2,4-5,8-9,11-12,16H,3,6-7,10,13-15H2,1H3,(H,24,28). The molecule has 0 radical (unpaired) electrons. The number of carbonyl (C=O) groups excluding carboxylic acids is 1. The van der Waals surface area contributed by atoms with E-state index in [2.05, 4.69) is 20.1 Å². The molecule has 1 amide bonds. The minimum Gasteiger partial charge on any atom is -0.493 e. The van der Waals surface area contributed by atoms with Crippen LogP contribution < -0.4 is 10.1 Å². The number of rotatable bonds is 6. The van der Waals surface area contributed by atoms with Crippen LogP contribution in [0.15, 0.2) is 48.5 Å². The van der Waals surface area contributed by atoms with Crippen molar-refractivity contribution in [3.8, 4) is 17.1 Å². The van der Waals surface area contributed by atoms with Crippen molar-refractivity contribution in [1.82, 2.24) is 14.8 Å². The van der Waals surface area contributed by atoms with Gasteiger partial charge in [0, 0.05) is 24.2 Å². The molecule has 1 aliphatic rings. The summed E-state index contributed by atoms with van der Waals surface area (Å²) < 4.78 is 7.84. The highest BCUT2D eigenvalue weighted by Crippen LogP contribution is 2.27. The van der Waals surface area contributed by atoms with Crippen LogP contribution in [-0.2, 0) is 17.8 Å². The number of ether oxygens (including phenoxy) is 1. The fourth-order valence-electron chi connectivity index (χ4n) is 3.59. The number of hydrogen-bond donors (Lipinski definition) is 1. The second-order valence-corrected chi connectivity index (χ2v) is 7.39. The molecule has 0 aliphatic carbocycles. The van der Waals surface area contributed by atoms with E-state index in [4.69, 9.17) is 4.74 Å². The maximum atomic E-state index is 12.4. The Morgan fingerprint density at radius 2 is 1.97 bits per heavy atom. The number of fused-ring (bicyclic) bond motifs is 1. The number of nitrogens with one attached hydrogen (secondary N) is 1. The van der Waals surface area contributed by atoms with Gasteiger partial charge in [-0.3, -0.25) is 4.79 Å². The number of anilines is 1. The first-order valence-corrected chi connectivity index (χ1v) is 10.2. The van der Waals surface area contributed by atoms with Crippen LogP contribution in [0.3, 0.4) is 0 Å². The number of aryl methyl sites for hydroxylation is 2. The number of aromatic nitrogens is 3. The summed E-state index contributed by atoms with van der Waals surface area (Å²) in [5.41, 5.74) is 2.80. The Balaban J connectivity index is 1.43. The van der Waals surface area contributed by atoms with Crippen LogP contribution in [0.2, 0.25) is 0 Å². The molecule has 1 aliphatic heterocycles. The van der Waals surface area contributed by atoms with Gasteiger partial charge < -0.3 is 14.6 Å². The van der Waals surface area contributed by atoms with Gasteiger partial charge >= 0.3 is 0 Å². The molecule has 2 aromatic carbocycles. The van der Waals surface area contributed by atoms with Crippen LogP contribution in [0.5, 0.6) is 5.75 Å². The number of nitrogens with zero attached hydrogens (tertiary/aromatic N) is 3. The minimum atomic E-state index is -0.0683. The average Bonchev–Trinajstić information content (AvgIpc) is 2.98. The van der Waals surface area contributed by atoms with Crippen LogP contribution in [0.25, 0.3) is 11.4 Å². The predicted octanol–water partition coefficient (Wildman–Crippen LogP) is 4.39. The van der Waals surface area contributed by atoms with Gasteiger partial charge in [-0.15, -0.1) is 10.2 Å². The van der Waals surface area contributed by atoms with Crippen molar-refractivity contribution < 1.29 is 9.53 Å². The molecule has 0 saturated heterocycles. The minimum absolute atomic E-state index is 0.0683. The first kappa shape index (κ1) is 19.2. The Morgan fingerprint density at radius 3 is 2.83 bits per heavy atom. The molecule has 29 heavy (non-hydrogen) atoms. The summed E-state index contributed by atoms with van der Waals surface area (Å²) in [4.78, 5) is 12.4. The molecule has 6 nitrogen and oxygen atoms in total. The third-order valence-corrected chi connectivity index (χ3v) is 5.22. The molecule has 0 saturated carbocycles. The monoisotopic (exact) mass is 390 g/mol. The van der Waals surface area contributed by atoms with Crippen molar-refractivity contribution in [3.05, 3.63) is 59.9 Å². The van der Waals surface area contributed by atoms with E-state index in [1.807, 2.05) is 55.5 Å². The molecule has 0 bridgehead atoms. The van der Waals surface area contributed by atoms with E-state index in [0.717, 1.165) is 53.6 Å². The summed E-state index contributed by atoms with van der Waals surface area (Å²) in [6, 6.07) is 15.6. The Labute approximate surface area is 170 Å². The lowest BCUT2D eigenvalue weighted by molar-refractivity contribution is -0.116. The van der Waals surface area contributed by atoms with Crippen molar-refractivity contribution in [1.29, 1.82) is 0 Å². The van der Waals surface area contributed by atoms with Gasteiger partial charge in [0.1, 0.15) is 11.6 Å². The number of amides is 1. The molecule has 4 rings (SSSR count). The van der Waals surface area contributed by atoms with E-state index in [9.17, 15) is 4.79 Å². The number of carbonyl (C=O) groups is 1. The Morgan fingerprint density at radius 1 is 1.10 bits per heavy atom. The molecular formula is C23H26N4O2. The summed E-state index contributed by atoms with van der Waals surface area (Å²) >= 11 is 0. The normalized spacial score (nSPS) is 13.4. The highest BCUT2D eigenvalue weighted by Gasteiger charge is 2.17. The number of benzene rings is 2. The summed E-state index contributed by atoms with van der Waals surface area (Å²) in [6.45, 7) is 3.28. The number of hydrogen-bond acceptors (Lipinski definition) is 4. The van der Waals surface area contributed by atoms with E-state index >= 15 is 0 Å². The Bertz CT molecular complexity index is 982. The van der Waals surface area contributed by atoms with E-state index in [-0.39, 0.29) is 5.91 Å². The second kappa shape index (κ2) is 8.90. The lowest BCUT2D eigenvalue weighted by Gasteiger charge is -2.12. The van der Waals surface area contributed by atoms with Gasteiger partial charge in [0.05, 0.1) is 13.0 Å². The topological polar surface area (TPSA) is 69.0 Å². The summed E-state index contributed by atoms with van der Waals surface area (Å²) in [6.07, 6.45) is 4.80. The van der Waals surface area contributed by atoms with Crippen molar-refractivity contribution in [2.45, 2.75) is 45.6 Å². The quantitative estimate of drug-likeness (QED) is 0.678. The zero-order valence-corrected chi connectivity index (χ0v) is 16.7. The highest BCUT2D eigenvalue weighted by atomic mass is 16.5. The molecule has 0 spiro atoms. The molecule has 0 atom stereocenters. The fourth-order valence-corrected chi connectivity index (χ4v) is 3.59. The van der Waals surface area contributed by atoms with Gasteiger partial charge in [0.25, 0.3) is 0 Å². The third kappa shape index (κ3) is 4.65. The van der Waals surface area contributed by atoms with Gasteiger partial charge in [-0.2, -0.15) is 0 Å². The zero-order chi connectivity index (χ0) is 20.1. The van der Waals surface area contributed by atoms with Crippen molar-refractivity contribution in [2.24, 2.45) is 0 Å². The maximum absolute atomic E-state index is 12.4. The molecule has 3 aromatic rings. The molecular weight excluding hydrogens is 364 g/mol. The molecule has 1 N–H and O–H groups in total. The second-order valence-electron chi connectivity index (χ2n) is 7.39. The zero-order valence-electron chi connectivity index (χ0n) is 16.7. The first-order chi connectivity index (χ1) is 14.2. The van der Waals surface area contributed by atoms with Gasteiger partial charge in [-0.25, -0.2) is 0 Å². The molecule has 2 heterocycles. The maximum Gasteiger partial charge on any atom is 0.227 e. The fraction of sp³-hybridized carbons (Fsp3) is 0.348. The van der Waals surface area contributed by atoms with Crippen molar-refractivity contribution in [3.63, 3.8) is 0 Å². The largest absolute Gasteiger partial charge is 0.493 e. The summed E-state index contributed by atoms with van der Waals surface area (Å²) in [5.74, 6) is 2.64. The lowest BCUT2D eigenvalue weighted by atomic mass is 10.1. The molecule has 0 unspecified atom stereocenters. The predicted molar refractivity (Wildman–Crippen MR) is 113 cm³/mol. The molecule has 6 heteroatoms. The van der Waals surface area contributed by atoms with Crippen LogP contribution >= 0.6 is 0 Å². The van der Waals surface area contributed by atoms with Crippen LogP contribution in [0, 0.1) is 6.92 Å². The summed E-state index contributed by atoms with van der Waals surface area (Å²) in [5, 5.41) is 11.8. The number of para-hydroxylation sites is 1. The lowest BCUT2D eigenvalue weighted by Crippen LogP contribution is -2.16. The van der Waals surface area contributed by atoms with Gasteiger partial charge in [0.15, 0.2) is 5.82 Å². The van der Waals surface area contributed by atoms with Gasteiger partial charge in [0.2, 0.25) is 5.91 Å².